The number of aromatic carboxylic acids is 1. The predicted octanol–water partition coefficient (Wildman–Crippen LogP) is 1.82. The molecule has 0 bridgehead atoms. The van der Waals surface area contributed by atoms with Gasteiger partial charge < -0.3 is 14.7 Å². The zero-order valence-electron chi connectivity index (χ0n) is 12.3. The van der Waals surface area contributed by atoms with Crippen molar-refractivity contribution in [2.24, 2.45) is 0 Å². The number of carbonyl (C=O) groups is 1. The molecule has 21 heavy (non-hydrogen) atoms. The van der Waals surface area contributed by atoms with Crippen molar-refractivity contribution in [3.8, 4) is 11.4 Å². The number of nitrogens with zero attached hydrogens (tertiary/aromatic N) is 4. The average Bonchev–Trinajstić information content (AvgIpc) is 2.94. The van der Waals surface area contributed by atoms with Crippen LogP contribution in [0.2, 0.25) is 0 Å². The van der Waals surface area contributed by atoms with Crippen LogP contribution in [-0.4, -0.2) is 46.3 Å². The first-order valence-electron chi connectivity index (χ1n) is 6.70. The van der Waals surface area contributed by atoms with Crippen molar-refractivity contribution >= 4 is 11.8 Å². The van der Waals surface area contributed by atoms with Gasteiger partial charge in [0, 0.05) is 13.1 Å². The van der Waals surface area contributed by atoms with Crippen LogP contribution in [-0.2, 0) is 0 Å². The highest BCUT2D eigenvalue weighted by atomic mass is 16.5. The van der Waals surface area contributed by atoms with E-state index in [9.17, 15) is 9.90 Å². The molecule has 0 radical (unpaired) electrons. The van der Waals surface area contributed by atoms with E-state index in [-0.39, 0.29) is 5.69 Å². The number of hydrogen-bond donors (Lipinski definition) is 1. The van der Waals surface area contributed by atoms with Crippen LogP contribution < -0.4 is 9.64 Å². The van der Waals surface area contributed by atoms with Crippen molar-refractivity contribution in [1.82, 2.24) is 15.0 Å². The normalized spacial score (nSPS) is 10.4. The van der Waals surface area contributed by atoms with Gasteiger partial charge in [-0.1, -0.05) is 0 Å². The molecule has 0 spiro atoms. The largest absolute Gasteiger partial charge is 0.497 e. The Labute approximate surface area is 122 Å². The molecule has 0 unspecified atom stereocenters. The second-order valence-corrected chi connectivity index (χ2v) is 4.34. The molecule has 1 N–H and O–H groups in total. The van der Waals surface area contributed by atoms with Gasteiger partial charge in [0.05, 0.1) is 12.8 Å². The number of benzene rings is 1. The van der Waals surface area contributed by atoms with Gasteiger partial charge in [0.15, 0.2) is 5.82 Å². The van der Waals surface area contributed by atoms with Gasteiger partial charge in [0.2, 0.25) is 5.69 Å². The van der Waals surface area contributed by atoms with Crippen molar-refractivity contribution in [3.05, 3.63) is 30.0 Å². The van der Waals surface area contributed by atoms with E-state index in [0.29, 0.717) is 30.3 Å². The Bertz CT molecular complexity index is 618. The SMILES string of the molecule is CCN(CC)c1nn(-c2ccc(OC)cc2)nc1C(=O)O. The Hall–Kier alpha value is -2.57. The molecule has 0 aliphatic rings. The Morgan fingerprint density at radius 3 is 2.33 bits per heavy atom. The fourth-order valence-corrected chi connectivity index (χ4v) is 2.00. The van der Waals surface area contributed by atoms with Crippen LogP contribution in [0, 0.1) is 0 Å². The number of rotatable bonds is 6. The molecule has 1 aromatic heterocycles. The molecule has 0 atom stereocenters. The van der Waals surface area contributed by atoms with Crippen LogP contribution in [0.1, 0.15) is 24.3 Å². The molecular formula is C14H18N4O3. The number of carboxylic acid groups (broad SMARTS) is 1. The lowest BCUT2D eigenvalue weighted by Gasteiger charge is -2.17. The van der Waals surface area contributed by atoms with Crippen LogP contribution in [0.15, 0.2) is 24.3 Å². The summed E-state index contributed by atoms with van der Waals surface area (Å²) < 4.78 is 5.09. The molecule has 0 aliphatic carbocycles. The van der Waals surface area contributed by atoms with E-state index in [2.05, 4.69) is 10.2 Å². The second-order valence-electron chi connectivity index (χ2n) is 4.34. The molecule has 112 valence electrons. The molecular weight excluding hydrogens is 272 g/mol. The molecule has 1 heterocycles. The van der Waals surface area contributed by atoms with Crippen molar-refractivity contribution in [1.29, 1.82) is 0 Å². The molecule has 7 heteroatoms. The van der Waals surface area contributed by atoms with Crippen molar-refractivity contribution in [2.75, 3.05) is 25.1 Å². The standard InChI is InChI=1S/C14H18N4O3/c1-4-17(5-2)13-12(14(19)20)15-18(16-13)10-6-8-11(21-3)9-7-10/h6-9H,4-5H2,1-3H3,(H,19,20). The summed E-state index contributed by atoms with van der Waals surface area (Å²) in [6, 6.07) is 7.10. The van der Waals surface area contributed by atoms with Gasteiger partial charge in [-0.05, 0) is 38.1 Å². The maximum atomic E-state index is 11.3. The zero-order chi connectivity index (χ0) is 15.4. The third-order valence-electron chi connectivity index (χ3n) is 3.16. The van der Waals surface area contributed by atoms with Crippen LogP contribution in [0.5, 0.6) is 5.75 Å². The first-order chi connectivity index (χ1) is 10.1. The molecule has 0 saturated carbocycles. The molecule has 0 aliphatic heterocycles. The molecule has 0 fully saturated rings. The number of ether oxygens (including phenoxy) is 1. The monoisotopic (exact) mass is 290 g/mol. The van der Waals surface area contributed by atoms with Crippen molar-refractivity contribution in [2.45, 2.75) is 13.8 Å². The number of carboxylic acids is 1. The predicted molar refractivity (Wildman–Crippen MR) is 78.4 cm³/mol. The highest BCUT2D eigenvalue weighted by molar-refractivity contribution is 5.91. The van der Waals surface area contributed by atoms with E-state index in [1.54, 1.807) is 31.4 Å². The topological polar surface area (TPSA) is 80.5 Å². The van der Waals surface area contributed by atoms with Gasteiger partial charge >= 0.3 is 5.97 Å². The maximum Gasteiger partial charge on any atom is 0.360 e. The Kier molecular flexibility index (Phi) is 4.42. The molecule has 2 aromatic rings. The first kappa shape index (κ1) is 14.8. The Morgan fingerprint density at radius 1 is 1.24 bits per heavy atom. The maximum absolute atomic E-state index is 11.3. The molecule has 7 nitrogen and oxygen atoms in total. The number of methoxy groups -OCH3 is 1. The third-order valence-corrected chi connectivity index (χ3v) is 3.16. The average molecular weight is 290 g/mol. The van der Waals surface area contributed by atoms with Crippen molar-refractivity contribution < 1.29 is 14.6 Å². The number of anilines is 1. The van der Waals surface area contributed by atoms with Gasteiger partial charge in [-0.3, -0.25) is 0 Å². The summed E-state index contributed by atoms with van der Waals surface area (Å²) in [5.74, 6) is 0.00769. The van der Waals surface area contributed by atoms with Crippen LogP contribution in [0.3, 0.4) is 0 Å². The first-order valence-corrected chi connectivity index (χ1v) is 6.70. The van der Waals surface area contributed by atoms with E-state index in [1.165, 1.54) is 4.80 Å². The van der Waals surface area contributed by atoms with Gasteiger partial charge in [-0.2, -0.15) is 0 Å². The van der Waals surface area contributed by atoms with E-state index in [4.69, 9.17) is 4.74 Å². The third kappa shape index (κ3) is 2.96. The van der Waals surface area contributed by atoms with E-state index < -0.39 is 5.97 Å². The summed E-state index contributed by atoms with van der Waals surface area (Å²) in [6.45, 7) is 5.22. The summed E-state index contributed by atoms with van der Waals surface area (Å²) in [7, 11) is 1.59. The van der Waals surface area contributed by atoms with Gasteiger partial charge in [0.25, 0.3) is 0 Å². The van der Waals surface area contributed by atoms with E-state index >= 15 is 0 Å². The highest BCUT2D eigenvalue weighted by Gasteiger charge is 2.22. The lowest BCUT2D eigenvalue weighted by molar-refractivity contribution is 0.0690. The molecule has 1 aromatic carbocycles. The minimum Gasteiger partial charge on any atom is -0.497 e. The summed E-state index contributed by atoms with van der Waals surface area (Å²) in [4.78, 5) is 14.5. The van der Waals surface area contributed by atoms with Crippen LogP contribution in [0.25, 0.3) is 5.69 Å². The summed E-state index contributed by atoms with van der Waals surface area (Å²) >= 11 is 0. The zero-order valence-corrected chi connectivity index (χ0v) is 12.3. The van der Waals surface area contributed by atoms with Gasteiger partial charge in [0.1, 0.15) is 5.75 Å². The Morgan fingerprint density at radius 2 is 1.86 bits per heavy atom. The minimum atomic E-state index is -1.09. The smallest absolute Gasteiger partial charge is 0.360 e. The van der Waals surface area contributed by atoms with E-state index in [1.807, 2.05) is 18.7 Å². The van der Waals surface area contributed by atoms with Crippen LogP contribution >= 0.6 is 0 Å². The fraction of sp³-hybridized carbons (Fsp3) is 0.357. The van der Waals surface area contributed by atoms with Crippen LogP contribution in [0.4, 0.5) is 5.82 Å². The second kappa shape index (κ2) is 6.25. The summed E-state index contributed by atoms with van der Waals surface area (Å²) in [6.07, 6.45) is 0. The quantitative estimate of drug-likeness (QED) is 0.874. The molecule has 0 amide bonds. The summed E-state index contributed by atoms with van der Waals surface area (Å²) in [5, 5.41) is 17.7. The lowest BCUT2D eigenvalue weighted by Crippen LogP contribution is -2.24. The molecule has 0 saturated heterocycles. The summed E-state index contributed by atoms with van der Waals surface area (Å²) in [5.41, 5.74) is 0.631. The van der Waals surface area contributed by atoms with Gasteiger partial charge in [-0.25, -0.2) is 4.79 Å². The minimum absolute atomic E-state index is 0.0467. The number of hydrogen-bond acceptors (Lipinski definition) is 5. The lowest BCUT2D eigenvalue weighted by atomic mass is 10.3. The molecule has 2 rings (SSSR count). The Balaban J connectivity index is 2.44. The van der Waals surface area contributed by atoms with E-state index in [0.717, 1.165) is 0 Å². The number of aromatic nitrogens is 3. The highest BCUT2D eigenvalue weighted by Crippen LogP contribution is 2.19. The fourth-order valence-electron chi connectivity index (χ4n) is 2.00. The van der Waals surface area contributed by atoms with Crippen molar-refractivity contribution in [3.63, 3.8) is 0 Å². The van der Waals surface area contributed by atoms with Gasteiger partial charge in [-0.15, -0.1) is 15.0 Å².